The standard InChI is InChI=1S/C13H12F3NO2/c1-8-2-3-11-9(6-8)10(17-4-5-18)7-12(19-11)13(14,15)16/h2-3,6-7,18H,4-5H2,1H3. The van der Waals surface area contributed by atoms with E-state index in [-0.39, 0.29) is 24.1 Å². The first-order valence-electron chi connectivity index (χ1n) is 5.65. The molecule has 0 spiro atoms. The highest BCUT2D eigenvalue weighted by Crippen LogP contribution is 2.30. The van der Waals surface area contributed by atoms with E-state index in [0.717, 1.165) is 11.6 Å². The molecule has 0 fully saturated rings. The van der Waals surface area contributed by atoms with Gasteiger partial charge in [-0.3, -0.25) is 4.99 Å². The summed E-state index contributed by atoms with van der Waals surface area (Å²) in [4.78, 5) is 3.96. The average molecular weight is 271 g/mol. The van der Waals surface area contributed by atoms with E-state index in [0.29, 0.717) is 5.39 Å². The number of aliphatic hydroxyl groups excluding tert-OH is 1. The van der Waals surface area contributed by atoms with Gasteiger partial charge in [-0.2, -0.15) is 13.2 Å². The Hall–Kier alpha value is -1.82. The summed E-state index contributed by atoms with van der Waals surface area (Å²) in [7, 11) is 0. The fraction of sp³-hybridized carbons (Fsp3) is 0.308. The average Bonchev–Trinajstić information content (AvgIpc) is 2.34. The number of rotatable bonds is 2. The predicted molar refractivity (Wildman–Crippen MR) is 63.5 cm³/mol. The maximum atomic E-state index is 12.7. The molecule has 1 aromatic carbocycles. The highest BCUT2D eigenvalue weighted by atomic mass is 19.4. The molecule has 3 nitrogen and oxygen atoms in total. The minimum Gasteiger partial charge on any atom is -0.451 e. The molecular weight excluding hydrogens is 259 g/mol. The lowest BCUT2D eigenvalue weighted by atomic mass is 10.1. The third-order valence-corrected chi connectivity index (χ3v) is 2.56. The number of benzene rings is 1. The zero-order chi connectivity index (χ0) is 14.0. The summed E-state index contributed by atoms with van der Waals surface area (Å²) in [6, 6.07) is 5.71. The van der Waals surface area contributed by atoms with E-state index in [2.05, 4.69) is 4.99 Å². The van der Waals surface area contributed by atoms with Crippen molar-refractivity contribution in [3.8, 4) is 0 Å². The number of hydrogen-bond acceptors (Lipinski definition) is 3. The molecule has 0 radical (unpaired) electrons. The zero-order valence-electron chi connectivity index (χ0n) is 10.2. The molecule has 1 N–H and O–H groups in total. The van der Waals surface area contributed by atoms with Crippen molar-refractivity contribution >= 4 is 11.0 Å². The lowest BCUT2D eigenvalue weighted by Crippen LogP contribution is -2.13. The molecule has 2 rings (SSSR count). The molecule has 1 heterocycles. The van der Waals surface area contributed by atoms with Gasteiger partial charge in [0.05, 0.1) is 18.5 Å². The lowest BCUT2D eigenvalue weighted by Gasteiger charge is -2.08. The number of hydrogen-bond donors (Lipinski definition) is 1. The van der Waals surface area contributed by atoms with Crippen LogP contribution in [0.4, 0.5) is 13.2 Å². The van der Waals surface area contributed by atoms with Crippen LogP contribution in [0.2, 0.25) is 0 Å². The third-order valence-electron chi connectivity index (χ3n) is 2.56. The van der Waals surface area contributed by atoms with Gasteiger partial charge in [0, 0.05) is 11.5 Å². The molecule has 0 aliphatic rings. The van der Waals surface area contributed by atoms with E-state index >= 15 is 0 Å². The molecule has 0 atom stereocenters. The van der Waals surface area contributed by atoms with E-state index < -0.39 is 11.9 Å². The Morgan fingerprint density at radius 1 is 1.26 bits per heavy atom. The van der Waals surface area contributed by atoms with Gasteiger partial charge in [0.2, 0.25) is 5.76 Å². The van der Waals surface area contributed by atoms with Gasteiger partial charge in [-0.15, -0.1) is 0 Å². The van der Waals surface area contributed by atoms with Crippen molar-refractivity contribution in [2.45, 2.75) is 13.1 Å². The van der Waals surface area contributed by atoms with Crippen molar-refractivity contribution < 1.29 is 22.7 Å². The predicted octanol–water partition coefficient (Wildman–Crippen LogP) is 2.65. The second-order valence-corrected chi connectivity index (χ2v) is 4.10. The van der Waals surface area contributed by atoms with Gasteiger partial charge in [0.15, 0.2) is 0 Å². The van der Waals surface area contributed by atoms with E-state index in [4.69, 9.17) is 9.52 Å². The first-order valence-corrected chi connectivity index (χ1v) is 5.65. The smallest absolute Gasteiger partial charge is 0.449 e. The summed E-state index contributed by atoms with van der Waals surface area (Å²) in [5, 5.41) is 9.42. The normalized spacial score (nSPS) is 13.2. The lowest BCUT2D eigenvalue weighted by molar-refractivity contribution is -0.152. The molecule has 0 aliphatic heterocycles. The fourth-order valence-electron chi connectivity index (χ4n) is 1.72. The summed E-state index contributed by atoms with van der Waals surface area (Å²) in [5.41, 5.74) is 1.01. The van der Waals surface area contributed by atoms with E-state index in [9.17, 15) is 13.2 Å². The molecule has 0 saturated heterocycles. The van der Waals surface area contributed by atoms with Crippen LogP contribution in [-0.4, -0.2) is 18.3 Å². The van der Waals surface area contributed by atoms with Crippen LogP contribution in [0.3, 0.4) is 0 Å². The Labute approximate surface area is 107 Å². The van der Waals surface area contributed by atoms with Crippen LogP contribution in [-0.2, 0) is 6.18 Å². The fourth-order valence-corrected chi connectivity index (χ4v) is 1.72. The van der Waals surface area contributed by atoms with Crippen molar-refractivity contribution in [2.24, 2.45) is 4.99 Å². The topological polar surface area (TPSA) is 45.7 Å². The second kappa shape index (κ2) is 5.05. The largest absolute Gasteiger partial charge is 0.451 e. The van der Waals surface area contributed by atoms with Gasteiger partial charge in [0.25, 0.3) is 0 Å². The van der Waals surface area contributed by atoms with Crippen LogP contribution in [0.15, 0.2) is 33.7 Å². The van der Waals surface area contributed by atoms with E-state index in [1.807, 2.05) is 6.92 Å². The summed E-state index contributed by atoms with van der Waals surface area (Å²) < 4.78 is 43.0. The van der Waals surface area contributed by atoms with Crippen molar-refractivity contribution in [2.75, 3.05) is 13.2 Å². The molecule has 0 aliphatic carbocycles. The Morgan fingerprint density at radius 3 is 2.63 bits per heavy atom. The van der Waals surface area contributed by atoms with Crippen LogP contribution in [0.25, 0.3) is 11.0 Å². The first kappa shape index (κ1) is 13.6. The van der Waals surface area contributed by atoms with Gasteiger partial charge in [-0.05, 0) is 19.1 Å². The van der Waals surface area contributed by atoms with Gasteiger partial charge < -0.3 is 9.52 Å². The summed E-state index contributed by atoms with van der Waals surface area (Å²) in [6.07, 6.45) is -4.57. The second-order valence-electron chi connectivity index (χ2n) is 4.10. The Morgan fingerprint density at radius 2 is 2.00 bits per heavy atom. The molecule has 0 amide bonds. The number of alkyl halides is 3. The van der Waals surface area contributed by atoms with E-state index in [1.165, 1.54) is 6.07 Å². The molecule has 0 saturated carbocycles. The maximum absolute atomic E-state index is 12.7. The number of aliphatic hydroxyl groups is 1. The van der Waals surface area contributed by atoms with Crippen LogP contribution >= 0.6 is 0 Å². The van der Waals surface area contributed by atoms with E-state index in [1.54, 1.807) is 12.1 Å². The third kappa shape index (κ3) is 2.96. The quantitative estimate of drug-likeness (QED) is 0.912. The minimum absolute atomic E-state index is 0.0460. The number of aryl methyl sites for hydroxylation is 1. The van der Waals surface area contributed by atoms with Gasteiger partial charge in [-0.1, -0.05) is 11.6 Å². The zero-order valence-corrected chi connectivity index (χ0v) is 10.2. The maximum Gasteiger partial charge on any atom is 0.449 e. The van der Waals surface area contributed by atoms with Gasteiger partial charge >= 0.3 is 6.18 Å². The minimum atomic E-state index is -4.57. The Bertz CT molecular complexity index is 659. The monoisotopic (exact) mass is 271 g/mol. The molecular formula is C13H12F3NO2. The van der Waals surface area contributed by atoms with Crippen LogP contribution < -0.4 is 5.36 Å². The van der Waals surface area contributed by atoms with Crippen molar-refractivity contribution in [3.63, 3.8) is 0 Å². The number of halogens is 3. The molecule has 102 valence electrons. The van der Waals surface area contributed by atoms with Gasteiger partial charge in [0.1, 0.15) is 5.58 Å². The van der Waals surface area contributed by atoms with Crippen LogP contribution in [0.5, 0.6) is 0 Å². The van der Waals surface area contributed by atoms with Crippen LogP contribution in [0.1, 0.15) is 11.3 Å². The molecule has 0 unspecified atom stereocenters. The molecule has 0 bridgehead atoms. The van der Waals surface area contributed by atoms with Gasteiger partial charge in [-0.25, -0.2) is 0 Å². The Kier molecular flexibility index (Phi) is 3.61. The SMILES string of the molecule is Cc1ccc2oc(C(F)(F)F)cc(=NCCO)c2c1. The first-order chi connectivity index (χ1) is 8.91. The highest BCUT2D eigenvalue weighted by Gasteiger charge is 2.34. The van der Waals surface area contributed by atoms with Crippen LogP contribution in [0, 0.1) is 6.92 Å². The molecule has 19 heavy (non-hydrogen) atoms. The Balaban J connectivity index is 2.77. The van der Waals surface area contributed by atoms with Crippen molar-refractivity contribution in [3.05, 3.63) is 40.9 Å². The summed E-state index contributed by atoms with van der Waals surface area (Å²) in [6.45, 7) is 1.65. The summed E-state index contributed by atoms with van der Waals surface area (Å²) in [5.74, 6) is -1.10. The molecule has 6 heteroatoms. The highest BCUT2D eigenvalue weighted by molar-refractivity contribution is 5.77. The number of nitrogens with zero attached hydrogens (tertiary/aromatic N) is 1. The summed E-state index contributed by atoms with van der Waals surface area (Å²) >= 11 is 0. The number of fused-ring (bicyclic) bond motifs is 1. The molecule has 2 aromatic rings. The van der Waals surface area contributed by atoms with Crippen molar-refractivity contribution in [1.82, 2.24) is 0 Å². The van der Waals surface area contributed by atoms with Crippen molar-refractivity contribution in [1.29, 1.82) is 0 Å². The molecule has 1 aromatic heterocycles.